The zero-order valence-corrected chi connectivity index (χ0v) is 12.3. The van der Waals surface area contributed by atoms with Crippen molar-refractivity contribution in [2.75, 3.05) is 12.8 Å². The van der Waals surface area contributed by atoms with E-state index in [1.54, 1.807) is 16.7 Å². The van der Waals surface area contributed by atoms with E-state index in [9.17, 15) is 4.79 Å². The average molecular weight is 288 g/mol. The highest BCUT2D eigenvalue weighted by molar-refractivity contribution is 8.00. The third kappa shape index (κ3) is 2.43. The quantitative estimate of drug-likeness (QED) is 0.865. The molecule has 2 aromatic rings. The van der Waals surface area contributed by atoms with Crippen LogP contribution in [0, 0.1) is 6.92 Å². The van der Waals surface area contributed by atoms with E-state index >= 15 is 0 Å². The average Bonchev–Trinajstić information content (AvgIpc) is 3.01. The van der Waals surface area contributed by atoms with Crippen molar-refractivity contribution in [1.82, 2.24) is 19.9 Å². The lowest BCUT2D eigenvalue weighted by Gasteiger charge is -2.15. The predicted molar refractivity (Wildman–Crippen MR) is 78.3 cm³/mol. The van der Waals surface area contributed by atoms with E-state index in [-0.39, 0.29) is 11.3 Å². The van der Waals surface area contributed by atoms with Crippen LogP contribution in [0.2, 0.25) is 0 Å². The number of rotatable bonds is 3. The Balaban J connectivity index is 1.78. The Bertz CT molecular complexity index is 640. The number of aromatic nitrogens is 3. The number of hydrogen-bond donors (Lipinski definition) is 0. The largest absolute Gasteiger partial charge is 0.327 e. The van der Waals surface area contributed by atoms with E-state index < -0.39 is 0 Å². The molecule has 0 N–H and O–H groups in total. The van der Waals surface area contributed by atoms with Crippen molar-refractivity contribution in [1.29, 1.82) is 0 Å². The van der Waals surface area contributed by atoms with Crippen LogP contribution in [0.15, 0.2) is 30.5 Å². The Morgan fingerprint density at radius 1 is 1.40 bits per heavy atom. The first-order valence-corrected chi connectivity index (χ1v) is 7.52. The van der Waals surface area contributed by atoms with E-state index in [0.29, 0.717) is 12.3 Å². The standard InChI is InChI=1S/C14H16N4OS/c1-10-5-3-4-6-11(10)7-18-8-12(15-16-18)14-17(2)13(19)9-20-14/h3-6,8,14H,7,9H2,1-2H3. The van der Waals surface area contributed by atoms with Gasteiger partial charge in [-0.15, -0.1) is 16.9 Å². The summed E-state index contributed by atoms with van der Waals surface area (Å²) in [4.78, 5) is 13.3. The molecule has 1 unspecified atom stereocenters. The number of thioether (sulfide) groups is 1. The number of nitrogens with zero attached hydrogens (tertiary/aromatic N) is 4. The fourth-order valence-corrected chi connectivity index (χ4v) is 3.37. The van der Waals surface area contributed by atoms with Gasteiger partial charge in [0, 0.05) is 7.05 Å². The van der Waals surface area contributed by atoms with Crippen molar-refractivity contribution in [3.63, 3.8) is 0 Å². The molecule has 0 bridgehead atoms. The molecule has 3 rings (SSSR count). The van der Waals surface area contributed by atoms with Crippen molar-refractivity contribution >= 4 is 17.7 Å². The van der Waals surface area contributed by atoms with Gasteiger partial charge in [-0.2, -0.15) is 0 Å². The van der Waals surface area contributed by atoms with Crippen LogP contribution in [0.25, 0.3) is 0 Å². The molecule has 2 heterocycles. The summed E-state index contributed by atoms with van der Waals surface area (Å²) in [6.45, 7) is 2.79. The summed E-state index contributed by atoms with van der Waals surface area (Å²) in [6, 6.07) is 8.24. The molecule has 0 radical (unpaired) electrons. The van der Waals surface area contributed by atoms with Gasteiger partial charge in [-0.25, -0.2) is 4.68 Å². The molecule has 104 valence electrons. The Hall–Kier alpha value is -1.82. The van der Waals surface area contributed by atoms with Gasteiger partial charge in [0.15, 0.2) is 0 Å². The highest BCUT2D eigenvalue weighted by Gasteiger charge is 2.31. The second-order valence-corrected chi connectivity index (χ2v) is 6.00. The highest BCUT2D eigenvalue weighted by Crippen LogP contribution is 2.35. The Kier molecular flexibility index (Phi) is 3.48. The van der Waals surface area contributed by atoms with Crippen LogP contribution in [-0.4, -0.2) is 38.6 Å². The summed E-state index contributed by atoms with van der Waals surface area (Å²) in [5, 5.41) is 8.37. The summed E-state index contributed by atoms with van der Waals surface area (Å²) in [5.74, 6) is 0.666. The van der Waals surface area contributed by atoms with Gasteiger partial charge < -0.3 is 4.90 Å². The van der Waals surface area contributed by atoms with Gasteiger partial charge in [0.25, 0.3) is 0 Å². The van der Waals surface area contributed by atoms with E-state index in [1.165, 1.54) is 11.1 Å². The van der Waals surface area contributed by atoms with E-state index in [1.807, 2.05) is 30.1 Å². The van der Waals surface area contributed by atoms with Crippen LogP contribution in [0.1, 0.15) is 22.2 Å². The zero-order chi connectivity index (χ0) is 14.1. The molecule has 1 saturated heterocycles. The lowest BCUT2D eigenvalue weighted by Crippen LogP contribution is -2.23. The molecular weight excluding hydrogens is 272 g/mol. The summed E-state index contributed by atoms with van der Waals surface area (Å²) in [6.07, 6.45) is 1.93. The molecule has 0 aliphatic carbocycles. The topological polar surface area (TPSA) is 51.0 Å². The van der Waals surface area contributed by atoms with Crippen LogP contribution in [0.4, 0.5) is 0 Å². The normalized spacial score (nSPS) is 18.8. The van der Waals surface area contributed by atoms with E-state index in [4.69, 9.17) is 0 Å². The number of aryl methyl sites for hydroxylation is 1. The molecule has 6 heteroatoms. The molecule has 1 aliphatic heterocycles. The fourth-order valence-electron chi connectivity index (χ4n) is 2.24. The number of benzene rings is 1. The van der Waals surface area contributed by atoms with Crippen LogP contribution in [0.5, 0.6) is 0 Å². The minimum Gasteiger partial charge on any atom is -0.327 e. The summed E-state index contributed by atoms with van der Waals surface area (Å²) >= 11 is 1.60. The SMILES string of the molecule is Cc1ccccc1Cn1cc(C2SCC(=O)N2C)nn1. The molecule has 1 atom stereocenters. The lowest BCUT2D eigenvalue weighted by molar-refractivity contribution is -0.126. The van der Waals surface area contributed by atoms with E-state index in [0.717, 1.165) is 5.69 Å². The van der Waals surface area contributed by atoms with Crippen LogP contribution < -0.4 is 0 Å². The Morgan fingerprint density at radius 3 is 2.90 bits per heavy atom. The third-order valence-corrected chi connectivity index (χ3v) is 4.80. The number of amides is 1. The minimum absolute atomic E-state index is 0.00637. The number of carbonyl (C=O) groups is 1. The fraction of sp³-hybridized carbons (Fsp3) is 0.357. The molecule has 5 nitrogen and oxygen atoms in total. The van der Waals surface area contributed by atoms with Crippen molar-refractivity contribution < 1.29 is 4.79 Å². The molecule has 20 heavy (non-hydrogen) atoms. The maximum absolute atomic E-state index is 11.6. The molecule has 1 aromatic heterocycles. The minimum atomic E-state index is -0.00637. The van der Waals surface area contributed by atoms with Gasteiger partial charge in [0.2, 0.25) is 5.91 Å². The molecule has 1 aliphatic rings. The van der Waals surface area contributed by atoms with Crippen LogP contribution >= 0.6 is 11.8 Å². The van der Waals surface area contributed by atoms with Gasteiger partial charge in [0.05, 0.1) is 18.5 Å². The maximum atomic E-state index is 11.6. The Morgan fingerprint density at radius 2 is 2.20 bits per heavy atom. The molecule has 1 amide bonds. The molecule has 1 fully saturated rings. The summed E-state index contributed by atoms with van der Waals surface area (Å²) in [5.41, 5.74) is 3.32. The first-order valence-electron chi connectivity index (χ1n) is 6.47. The molecule has 1 aromatic carbocycles. The van der Waals surface area contributed by atoms with E-state index in [2.05, 4.69) is 29.4 Å². The molecular formula is C14H16N4OS. The lowest BCUT2D eigenvalue weighted by atomic mass is 10.1. The summed E-state index contributed by atoms with van der Waals surface area (Å²) in [7, 11) is 1.81. The third-order valence-electron chi connectivity index (χ3n) is 3.51. The summed E-state index contributed by atoms with van der Waals surface area (Å²) < 4.78 is 1.83. The number of hydrogen-bond acceptors (Lipinski definition) is 4. The van der Waals surface area contributed by atoms with Crippen molar-refractivity contribution in [2.24, 2.45) is 0 Å². The molecule has 0 saturated carbocycles. The van der Waals surface area contributed by atoms with Crippen LogP contribution in [0.3, 0.4) is 0 Å². The van der Waals surface area contributed by atoms with Crippen molar-refractivity contribution in [3.05, 3.63) is 47.3 Å². The number of carbonyl (C=O) groups excluding carboxylic acids is 1. The molecule has 0 spiro atoms. The highest BCUT2D eigenvalue weighted by atomic mass is 32.2. The Labute approximate surface area is 122 Å². The van der Waals surface area contributed by atoms with Gasteiger partial charge in [-0.05, 0) is 18.1 Å². The second kappa shape index (κ2) is 5.28. The first-order chi connectivity index (χ1) is 9.65. The predicted octanol–water partition coefficient (Wildman–Crippen LogP) is 1.84. The van der Waals surface area contributed by atoms with Crippen LogP contribution in [-0.2, 0) is 11.3 Å². The van der Waals surface area contributed by atoms with Gasteiger partial charge in [0.1, 0.15) is 11.1 Å². The maximum Gasteiger partial charge on any atom is 0.233 e. The smallest absolute Gasteiger partial charge is 0.233 e. The monoisotopic (exact) mass is 288 g/mol. The zero-order valence-electron chi connectivity index (χ0n) is 11.5. The van der Waals surface area contributed by atoms with Gasteiger partial charge >= 0.3 is 0 Å². The van der Waals surface area contributed by atoms with Crippen molar-refractivity contribution in [3.8, 4) is 0 Å². The first kappa shape index (κ1) is 13.2. The van der Waals surface area contributed by atoms with Gasteiger partial charge in [-0.1, -0.05) is 29.5 Å². The van der Waals surface area contributed by atoms with Crippen molar-refractivity contribution in [2.45, 2.75) is 18.8 Å². The van der Waals surface area contributed by atoms with Gasteiger partial charge in [-0.3, -0.25) is 4.79 Å². The second-order valence-electron chi connectivity index (χ2n) is 4.94.